The largest absolute Gasteiger partial charge is 0.493 e. The van der Waals surface area contributed by atoms with E-state index in [1.807, 2.05) is 24.3 Å². The summed E-state index contributed by atoms with van der Waals surface area (Å²) in [4.78, 5) is 13.9. The summed E-state index contributed by atoms with van der Waals surface area (Å²) < 4.78 is 15.9. The Hall–Kier alpha value is -3.35. The second-order valence-electron chi connectivity index (χ2n) is 5.53. The Morgan fingerprint density at radius 1 is 1.00 bits per heavy atom. The van der Waals surface area contributed by atoms with E-state index < -0.39 is 0 Å². The number of para-hydroxylation sites is 1. The van der Waals surface area contributed by atoms with Crippen LogP contribution in [0.4, 0.5) is 5.69 Å². The van der Waals surface area contributed by atoms with E-state index in [1.54, 1.807) is 45.4 Å². The van der Waals surface area contributed by atoms with Crippen LogP contribution in [-0.4, -0.2) is 46.2 Å². The Morgan fingerprint density at radius 3 is 2.27 bits per heavy atom. The summed E-state index contributed by atoms with van der Waals surface area (Å²) in [6.45, 7) is 0. The predicted octanol–water partition coefficient (Wildman–Crippen LogP) is 2.51. The second-order valence-corrected chi connectivity index (χ2v) is 5.53. The van der Waals surface area contributed by atoms with Gasteiger partial charge in [0.05, 0.1) is 33.2 Å². The summed E-state index contributed by atoms with van der Waals surface area (Å²) in [5.74, 6) is 1.35. The summed E-state index contributed by atoms with van der Waals surface area (Å²) in [5, 5.41) is 8.20. The number of carbonyl (C=O) groups is 1. The molecule has 0 aliphatic carbocycles. The second kappa shape index (κ2) is 7.26. The van der Waals surface area contributed by atoms with E-state index in [0.29, 0.717) is 28.5 Å². The molecule has 0 unspecified atom stereocenters. The van der Waals surface area contributed by atoms with E-state index >= 15 is 0 Å². The number of fused-ring (bicyclic) bond motifs is 1. The third-order valence-electron chi connectivity index (χ3n) is 4.08. The van der Waals surface area contributed by atoms with Crippen LogP contribution in [0.5, 0.6) is 17.2 Å². The van der Waals surface area contributed by atoms with Crippen LogP contribution in [0.15, 0.2) is 46.6 Å². The molecule has 7 nitrogen and oxygen atoms in total. The van der Waals surface area contributed by atoms with Crippen molar-refractivity contribution in [2.75, 3.05) is 33.3 Å². The number of likely N-dealkylation sites (N-methyl/N-ethyl adjacent to an activating group) is 1. The number of nitrogens with zero attached hydrogens (tertiary/aromatic N) is 3. The molecule has 0 bridgehead atoms. The van der Waals surface area contributed by atoms with Crippen molar-refractivity contribution in [3.63, 3.8) is 0 Å². The Bertz CT molecular complexity index is 880. The third-order valence-corrected chi connectivity index (χ3v) is 4.08. The first kappa shape index (κ1) is 17.5. The van der Waals surface area contributed by atoms with Crippen LogP contribution in [0.2, 0.25) is 0 Å². The van der Waals surface area contributed by atoms with E-state index in [9.17, 15) is 4.79 Å². The monoisotopic (exact) mass is 353 g/mol. The summed E-state index contributed by atoms with van der Waals surface area (Å²) in [7, 11) is 6.34. The highest BCUT2D eigenvalue weighted by molar-refractivity contribution is 6.54. The maximum Gasteiger partial charge on any atom is 0.279 e. The van der Waals surface area contributed by atoms with E-state index in [0.717, 1.165) is 11.3 Å². The lowest BCUT2D eigenvalue weighted by molar-refractivity contribution is -0.111. The minimum atomic E-state index is -0.187. The average Bonchev–Trinajstić information content (AvgIpc) is 2.92. The minimum absolute atomic E-state index is 0.187. The normalized spacial score (nSPS) is 14.8. The van der Waals surface area contributed by atoms with Crippen molar-refractivity contribution in [3.8, 4) is 17.2 Å². The first-order valence-corrected chi connectivity index (χ1v) is 7.89. The lowest BCUT2D eigenvalue weighted by Gasteiger charge is -2.12. The molecule has 2 aromatic carbocycles. The molecule has 2 aromatic rings. The van der Waals surface area contributed by atoms with Crippen LogP contribution in [0, 0.1) is 0 Å². The SMILES string of the molecule is COc1cc(/C=N\N=C2/C(=O)N(C)c3ccccc32)cc(OC)c1OC. The molecule has 0 N–H and O–H groups in total. The zero-order valence-electron chi connectivity index (χ0n) is 15.0. The maximum atomic E-state index is 12.4. The molecule has 0 spiro atoms. The number of rotatable bonds is 5. The zero-order valence-corrected chi connectivity index (χ0v) is 15.0. The molecule has 7 heteroatoms. The summed E-state index contributed by atoms with van der Waals surface area (Å²) in [6.07, 6.45) is 1.53. The fourth-order valence-corrected chi connectivity index (χ4v) is 2.78. The molecule has 1 aliphatic heterocycles. The lowest BCUT2D eigenvalue weighted by Crippen LogP contribution is -2.25. The van der Waals surface area contributed by atoms with Gasteiger partial charge < -0.3 is 19.1 Å². The van der Waals surface area contributed by atoms with Gasteiger partial charge in [-0.3, -0.25) is 4.79 Å². The Balaban J connectivity index is 1.94. The minimum Gasteiger partial charge on any atom is -0.493 e. The number of carbonyl (C=O) groups excluding carboxylic acids is 1. The highest BCUT2D eigenvalue weighted by atomic mass is 16.5. The van der Waals surface area contributed by atoms with Crippen LogP contribution >= 0.6 is 0 Å². The van der Waals surface area contributed by atoms with Crippen LogP contribution in [0.25, 0.3) is 0 Å². The molecule has 1 heterocycles. The lowest BCUT2D eigenvalue weighted by atomic mass is 10.1. The fraction of sp³-hybridized carbons (Fsp3) is 0.211. The zero-order chi connectivity index (χ0) is 18.7. The van der Waals surface area contributed by atoms with Crippen LogP contribution in [-0.2, 0) is 4.79 Å². The van der Waals surface area contributed by atoms with Gasteiger partial charge in [0.2, 0.25) is 5.75 Å². The van der Waals surface area contributed by atoms with Gasteiger partial charge >= 0.3 is 0 Å². The molecule has 1 aliphatic rings. The number of ether oxygens (including phenoxy) is 3. The van der Waals surface area contributed by atoms with Gasteiger partial charge in [-0.05, 0) is 18.2 Å². The van der Waals surface area contributed by atoms with Crippen LogP contribution < -0.4 is 19.1 Å². The molecular formula is C19H19N3O4. The Labute approximate surface area is 151 Å². The standard InChI is InChI=1S/C19H19N3O4/c1-22-14-8-6-5-7-13(14)17(19(22)23)21-20-11-12-9-15(24-2)18(26-4)16(10-12)25-3/h5-11H,1-4H3/b20-11-,21-17-. The molecule has 26 heavy (non-hydrogen) atoms. The van der Waals surface area contributed by atoms with E-state index in [1.165, 1.54) is 6.21 Å². The topological polar surface area (TPSA) is 72.7 Å². The number of methoxy groups -OCH3 is 3. The Kier molecular flexibility index (Phi) is 4.88. The van der Waals surface area contributed by atoms with Gasteiger partial charge in [0.1, 0.15) is 0 Å². The van der Waals surface area contributed by atoms with E-state index in [-0.39, 0.29) is 5.91 Å². The number of benzene rings is 2. The molecular weight excluding hydrogens is 334 g/mol. The first-order valence-electron chi connectivity index (χ1n) is 7.89. The van der Waals surface area contributed by atoms with Crippen molar-refractivity contribution in [1.82, 2.24) is 0 Å². The quantitative estimate of drug-likeness (QED) is 0.612. The third kappa shape index (κ3) is 2.99. The number of hydrogen-bond donors (Lipinski definition) is 0. The van der Waals surface area contributed by atoms with Crippen molar-refractivity contribution in [3.05, 3.63) is 47.5 Å². The molecule has 0 saturated heterocycles. The molecule has 0 saturated carbocycles. The predicted molar refractivity (Wildman–Crippen MR) is 100 cm³/mol. The molecule has 0 fully saturated rings. The van der Waals surface area contributed by atoms with Gasteiger partial charge in [0, 0.05) is 18.2 Å². The average molecular weight is 353 g/mol. The first-order chi connectivity index (χ1) is 12.6. The number of anilines is 1. The van der Waals surface area contributed by atoms with Gasteiger partial charge in [-0.1, -0.05) is 18.2 Å². The van der Waals surface area contributed by atoms with Gasteiger partial charge in [-0.15, -0.1) is 5.10 Å². The van der Waals surface area contributed by atoms with Gasteiger partial charge in [-0.25, -0.2) is 0 Å². The summed E-state index contributed by atoms with van der Waals surface area (Å²) >= 11 is 0. The van der Waals surface area contributed by atoms with Crippen molar-refractivity contribution >= 4 is 23.5 Å². The molecule has 1 amide bonds. The van der Waals surface area contributed by atoms with E-state index in [2.05, 4.69) is 10.2 Å². The summed E-state index contributed by atoms with van der Waals surface area (Å²) in [5.41, 5.74) is 2.60. The molecule has 0 aromatic heterocycles. The molecule has 3 rings (SSSR count). The highest BCUT2D eigenvalue weighted by Gasteiger charge is 2.30. The number of hydrogen-bond acceptors (Lipinski definition) is 6. The van der Waals surface area contributed by atoms with Crippen molar-refractivity contribution < 1.29 is 19.0 Å². The van der Waals surface area contributed by atoms with Crippen molar-refractivity contribution in [2.45, 2.75) is 0 Å². The van der Waals surface area contributed by atoms with Gasteiger partial charge in [-0.2, -0.15) is 5.10 Å². The van der Waals surface area contributed by atoms with E-state index in [4.69, 9.17) is 14.2 Å². The van der Waals surface area contributed by atoms with Crippen molar-refractivity contribution in [2.24, 2.45) is 10.2 Å². The van der Waals surface area contributed by atoms with Crippen LogP contribution in [0.3, 0.4) is 0 Å². The van der Waals surface area contributed by atoms with Crippen molar-refractivity contribution in [1.29, 1.82) is 0 Å². The molecule has 0 atom stereocenters. The Morgan fingerprint density at radius 2 is 1.65 bits per heavy atom. The van der Waals surface area contributed by atoms with Gasteiger partial charge in [0.15, 0.2) is 17.2 Å². The smallest absolute Gasteiger partial charge is 0.279 e. The van der Waals surface area contributed by atoms with Crippen LogP contribution in [0.1, 0.15) is 11.1 Å². The van der Waals surface area contributed by atoms with Gasteiger partial charge in [0.25, 0.3) is 5.91 Å². The molecule has 134 valence electrons. The fourth-order valence-electron chi connectivity index (χ4n) is 2.78. The maximum absolute atomic E-state index is 12.4. The number of amides is 1. The summed E-state index contributed by atoms with van der Waals surface area (Å²) in [6, 6.07) is 11.0. The highest BCUT2D eigenvalue weighted by Crippen LogP contribution is 2.37. The molecule has 0 radical (unpaired) electrons.